The van der Waals surface area contributed by atoms with Gasteiger partial charge in [-0.1, -0.05) is 44.2 Å². The number of aliphatic hydroxyl groups is 1. The summed E-state index contributed by atoms with van der Waals surface area (Å²) in [5, 5.41) is 10.7. The van der Waals surface area contributed by atoms with E-state index in [1.807, 2.05) is 0 Å². The van der Waals surface area contributed by atoms with Crippen LogP contribution in [0.15, 0.2) is 30.3 Å². The Morgan fingerprint density at radius 1 is 0.947 bits per heavy atom. The molecule has 0 saturated heterocycles. The average molecular weight is 258 g/mol. The zero-order valence-corrected chi connectivity index (χ0v) is 12.1. The molecule has 104 valence electrons. The second-order valence-corrected chi connectivity index (χ2v) is 7.08. The summed E-state index contributed by atoms with van der Waals surface area (Å²) in [4.78, 5) is 0. The van der Waals surface area contributed by atoms with Gasteiger partial charge >= 0.3 is 0 Å². The van der Waals surface area contributed by atoms with Crippen molar-refractivity contribution < 1.29 is 5.11 Å². The van der Waals surface area contributed by atoms with Crippen LogP contribution >= 0.6 is 0 Å². The molecule has 0 amide bonds. The predicted octanol–water partition coefficient (Wildman–Crippen LogP) is 4.22. The Kier molecular flexibility index (Phi) is 3.66. The average Bonchev–Trinajstić information content (AvgIpc) is 3.18. The Morgan fingerprint density at radius 2 is 1.58 bits per heavy atom. The standard InChI is InChI=1S/C18H26O/c1-12-8-13(2)10-15(9-12)18(19)17-11-16(17)14-6-4-3-5-7-14/h3-7,12-13,15-19H,8-11H2,1-2H3. The van der Waals surface area contributed by atoms with Crippen molar-refractivity contribution in [3.63, 3.8) is 0 Å². The maximum Gasteiger partial charge on any atom is 0.0602 e. The van der Waals surface area contributed by atoms with E-state index in [4.69, 9.17) is 0 Å². The summed E-state index contributed by atoms with van der Waals surface area (Å²) < 4.78 is 0. The van der Waals surface area contributed by atoms with Crippen molar-refractivity contribution in [3.05, 3.63) is 35.9 Å². The number of aliphatic hydroxyl groups excluding tert-OH is 1. The van der Waals surface area contributed by atoms with Gasteiger partial charge in [-0.25, -0.2) is 0 Å². The molecular formula is C18H26O. The topological polar surface area (TPSA) is 20.2 Å². The van der Waals surface area contributed by atoms with E-state index in [-0.39, 0.29) is 6.10 Å². The molecule has 0 radical (unpaired) electrons. The Bertz CT molecular complexity index is 403. The normalized spacial score (nSPS) is 39.8. The van der Waals surface area contributed by atoms with Gasteiger partial charge in [0.25, 0.3) is 0 Å². The summed E-state index contributed by atoms with van der Waals surface area (Å²) in [5.74, 6) is 3.25. The van der Waals surface area contributed by atoms with E-state index in [1.165, 1.54) is 31.2 Å². The lowest BCUT2D eigenvalue weighted by molar-refractivity contribution is 0.0388. The Hall–Kier alpha value is -0.820. The van der Waals surface area contributed by atoms with Gasteiger partial charge in [-0.05, 0) is 60.8 Å². The van der Waals surface area contributed by atoms with Crippen LogP contribution < -0.4 is 0 Å². The molecule has 1 nitrogen and oxygen atoms in total. The molecule has 2 aliphatic carbocycles. The van der Waals surface area contributed by atoms with Gasteiger partial charge in [0.1, 0.15) is 0 Å². The molecule has 0 bridgehead atoms. The number of hydrogen-bond acceptors (Lipinski definition) is 1. The molecule has 2 fully saturated rings. The van der Waals surface area contributed by atoms with Crippen LogP contribution in [0.4, 0.5) is 0 Å². The van der Waals surface area contributed by atoms with Gasteiger partial charge in [0.05, 0.1) is 6.10 Å². The lowest BCUT2D eigenvalue weighted by Crippen LogP contribution is -2.31. The molecule has 1 N–H and O–H groups in total. The molecule has 1 heteroatoms. The van der Waals surface area contributed by atoms with Gasteiger partial charge in [-0.15, -0.1) is 0 Å². The molecule has 5 atom stereocenters. The fourth-order valence-corrected chi connectivity index (χ4v) is 4.31. The highest BCUT2D eigenvalue weighted by Gasteiger charge is 2.46. The first-order valence-electron chi connectivity index (χ1n) is 7.88. The molecule has 0 heterocycles. The minimum absolute atomic E-state index is 0.0737. The summed E-state index contributed by atoms with van der Waals surface area (Å²) in [6.07, 6.45) is 4.91. The van der Waals surface area contributed by atoms with E-state index in [0.29, 0.717) is 17.8 Å². The summed E-state index contributed by atoms with van der Waals surface area (Å²) in [5.41, 5.74) is 1.42. The molecule has 19 heavy (non-hydrogen) atoms. The van der Waals surface area contributed by atoms with Gasteiger partial charge in [-0.2, -0.15) is 0 Å². The van der Waals surface area contributed by atoms with Gasteiger partial charge in [0.15, 0.2) is 0 Å². The van der Waals surface area contributed by atoms with Crippen molar-refractivity contribution in [2.45, 2.75) is 51.6 Å². The molecule has 0 aliphatic heterocycles. The van der Waals surface area contributed by atoms with Crippen LogP contribution in [0, 0.1) is 23.7 Å². The summed E-state index contributed by atoms with van der Waals surface area (Å²) in [6, 6.07) is 10.7. The van der Waals surface area contributed by atoms with Crippen molar-refractivity contribution in [2.75, 3.05) is 0 Å². The van der Waals surface area contributed by atoms with Gasteiger partial charge in [0.2, 0.25) is 0 Å². The van der Waals surface area contributed by atoms with Crippen molar-refractivity contribution in [1.82, 2.24) is 0 Å². The zero-order valence-electron chi connectivity index (χ0n) is 12.1. The SMILES string of the molecule is CC1CC(C)CC(C(O)C2CC2c2ccccc2)C1. The molecule has 5 unspecified atom stereocenters. The van der Waals surface area contributed by atoms with E-state index in [1.54, 1.807) is 0 Å². The summed E-state index contributed by atoms with van der Waals surface area (Å²) in [7, 11) is 0. The third-order valence-electron chi connectivity index (χ3n) is 5.20. The summed E-state index contributed by atoms with van der Waals surface area (Å²) >= 11 is 0. The van der Waals surface area contributed by atoms with Gasteiger partial charge in [0, 0.05) is 0 Å². The fourth-order valence-electron chi connectivity index (χ4n) is 4.31. The van der Waals surface area contributed by atoms with Crippen molar-refractivity contribution >= 4 is 0 Å². The first-order valence-corrected chi connectivity index (χ1v) is 7.88. The second-order valence-electron chi connectivity index (χ2n) is 7.08. The smallest absolute Gasteiger partial charge is 0.0602 e. The van der Waals surface area contributed by atoms with E-state index >= 15 is 0 Å². The minimum Gasteiger partial charge on any atom is -0.393 e. The Labute approximate surface area is 117 Å². The highest BCUT2D eigenvalue weighted by molar-refractivity contribution is 5.26. The predicted molar refractivity (Wildman–Crippen MR) is 79.0 cm³/mol. The van der Waals surface area contributed by atoms with Crippen LogP contribution in [-0.4, -0.2) is 11.2 Å². The van der Waals surface area contributed by atoms with Crippen molar-refractivity contribution in [2.24, 2.45) is 23.7 Å². The Morgan fingerprint density at radius 3 is 2.21 bits per heavy atom. The van der Waals surface area contributed by atoms with E-state index < -0.39 is 0 Å². The van der Waals surface area contributed by atoms with E-state index in [2.05, 4.69) is 44.2 Å². The van der Waals surface area contributed by atoms with Gasteiger partial charge < -0.3 is 5.11 Å². The molecule has 1 aromatic rings. The van der Waals surface area contributed by atoms with Crippen LogP contribution in [0.25, 0.3) is 0 Å². The van der Waals surface area contributed by atoms with E-state index in [0.717, 1.165) is 11.8 Å². The van der Waals surface area contributed by atoms with Crippen LogP contribution in [0.5, 0.6) is 0 Å². The monoisotopic (exact) mass is 258 g/mol. The van der Waals surface area contributed by atoms with Gasteiger partial charge in [-0.3, -0.25) is 0 Å². The lowest BCUT2D eigenvalue weighted by Gasteiger charge is -2.34. The molecule has 1 aromatic carbocycles. The maximum atomic E-state index is 10.7. The largest absolute Gasteiger partial charge is 0.393 e. The van der Waals surface area contributed by atoms with Crippen LogP contribution in [0.2, 0.25) is 0 Å². The number of hydrogen-bond donors (Lipinski definition) is 1. The quantitative estimate of drug-likeness (QED) is 0.860. The highest BCUT2D eigenvalue weighted by Crippen LogP contribution is 2.52. The third kappa shape index (κ3) is 2.86. The van der Waals surface area contributed by atoms with Crippen LogP contribution in [0.3, 0.4) is 0 Å². The second kappa shape index (κ2) is 5.28. The first kappa shape index (κ1) is 13.2. The van der Waals surface area contributed by atoms with Crippen molar-refractivity contribution in [1.29, 1.82) is 0 Å². The Balaban J connectivity index is 1.62. The molecule has 0 spiro atoms. The highest BCUT2D eigenvalue weighted by atomic mass is 16.3. The molecule has 2 aliphatic rings. The fraction of sp³-hybridized carbons (Fsp3) is 0.667. The molecule has 3 rings (SSSR count). The maximum absolute atomic E-state index is 10.7. The number of rotatable bonds is 3. The lowest BCUT2D eigenvalue weighted by atomic mass is 9.73. The first-order chi connectivity index (χ1) is 9.15. The molecule has 0 aromatic heterocycles. The third-order valence-corrected chi connectivity index (χ3v) is 5.20. The molecule has 2 saturated carbocycles. The van der Waals surface area contributed by atoms with Crippen molar-refractivity contribution in [3.8, 4) is 0 Å². The van der Waals surface area contributed by atoms with E-state index in [9.17, 15) is 5.11 Å². The number of benzene rings is 1. The van der Waals surface area contributed by atoms with Crippen LogP contribution in [0.1, 0.15) is 51.0 Å². The molecular weight excluding hydrogens is 232 g/mol. The minimum atomic E-state index is -0.0737. The van der Waals surface area contributed by atoms with Crippen LogP contribution in [-0.2, 0) is 0 Å². The zero-order chi connectivity index (χ0) is 13.4. The summed E-state index contributed by atoms with van der Waals surface area (Å²) in [6.45, 7) is 4.69.